The van der Waals surface area contributed by atoms with E-state index in [1.165, 1.54) is 22.5 Å². The van der Waals surface area contributed by atoms with Crippen molar-refractivity contribution < 1.29 is 13.2 Å². The van der Waals surface area contributed by atoms with Crippen LogP contribution in [0.5, 0.6) is 0 Å². The molecule has 8 heteroatoms. The summed E-state index contributed by atoms with van der Waals surface area (Å²) in [4.78, 5) is 14.8. The average Bonchev–Trinajstić information content (AvgIpc) is 2.67. The van der Waals surface area contributed by atoms with Gasteiger partial charge in [-0.15, -0.1) is 0 Å². The predicted molar refractivity (Wildman–Crippen MR) is 110 cm³/mol. The smallest absolute Gasteiger partial charge is 0.253 e. The first kappa shape index (κ1) is 20.8. The summed E-state index contributed by atoms with van der Waals surface area (Å²) in [6.45, 7) is 4.52. The summed E-state index contributed by atoms with van der Waals surface area (Å²) in [5.41, 5.74) is 2.22. The van der Waals surface area contributed by atoms with Gasteiger partial charge in [0.05, 0.1) is 15.5 Å². The number of amides is 1. The van der Waals surface area contributed by atoms with Crippen LogP contribution in [-0.2, 0) is 16.6 Å². The minimum atomic E-state index is -3.66. The van der Waals surface area contributed by atoms with Gasteiger partial charge in [-0.2, -0.15) is 4.31 Å². The first-order chi connectivity index (χ1) is 13.3. The van der Waals surface area contributed by atoms with E-state index in [1.807, 2.05) is 38.2 Å². The molecule has 0 bridgehead atoms. The maximum absolute atomic E-state index is 12.9. The fourth-order valence-corrected chi connectivity index (χ4v) is 4.75. The van der Waals surface area contributed by atoms with Crippen molar-refractivity contribution in [2.75, 3.05) is 33.2 Å². The normalized spacial score (nSPS) is 16.1. The molecule has 0 aliphatic carbocycles. The number of nitrogens with zero attached hydrogens (tertiary/aromatic N) is 2. The number of aryl methyl sites for hydroxylation is 1. The van der Waals surface area contributed by atoms with Gasteiger partial charge in [0.15, 0.2) is 0 Å². The Bertz CT molecular complexity index is 970. The van der Waals surface area contributed by atoms with E-state index in [-0.39, 0.29) is 15.5 Å². The molecule has 1 heterocycles. The molecule has 1 N–H and O–H groups in total. The number of hydrogen-bond donors (Lipinski definition) is 1. The van der Waals surface area contributed by atoms with Crippen molar-refractivity contribution in [3.8, 4) is 0 Å². The Hall–Kier alpha value is -1.93. The monoisotopic (exact) mass is 421 g/mol. The Kier molecular flexibility index (Phi) is 6.40. The molecule has 0 aromatic heterocycles. The van der Waals surface area contributed by atoms with Crippen LogP contribution in [-0.4, -0.2) is 56.8 Å². The molecule has 3 rings (SSSR count). The predicted octanol–water partition coefficient (Wildman–Crippen LogP) is 2.51. The zero-order valence-corrected chi connectivity index (χ0v) is 17.6. The van der Waals surface area contributed by atoms with E-state index in [2.05, 4.69) is 10.2 Å². The fraction of sp³-hybridized carbons (Fsp3) is 0.350. The van der Waals surface area contributed by atoms with E-state index in [9.17, 15) is 13.2 Å². The second kappa shape index (κ2) is 8.61. The van der Waals surface area contributed by atoms with Crippen molar-refractivity contribution in [2.24, 2.45) is 0 Å². The summed E-state index contributed by atoms with van der Waals surface area (Å²) in [7, 11) is -1.70. The van der Waals surface area contributed by atoms with Crippen LogP contribution >= 0.6 is 11.6 Å². The summed E-state index contributed by atoms with van der Waals surface area (Å²) in [5.74, 6) is -0.399. The molecule has 150 valence electrons. The van der Waals surface area contributed by atoms with Gasteiger partial charge in [-0.05, 0) is 43.3 Å². The quantitative estimate of drug-likeness (QED) is 0.805. The van der Waals surface area contributed by atoms with Crippen LogP contribution in [0.2, 0.25) is 5.02 Å². The Morgan fingerprint density at radius 1 is 1.11 bits per heavy atom. The second-order valence-corrected chi connectivity index (χ2v) is 9.30. The van der Waals surface area contributed by atoms with E-state index in [0.717, 1.165) is 11.1 Å². The van der Waals surface area contributed by atoms with Crippen LogP contribution < -0.4 is 5.32 Å². The summed E-state index contributed by atoms with van der Waals surface area (Å²) >= 11 is 6.18. The van der Waals surface area contributed by atoms with Crippen molar-refractivity contribution in [2.45, 2.75) is 18.4 Å². The Balaban J connectivity index is 1.79. The molecule has 1 amide bonds. The van der Waals surface area contributed by atoms with E-state index >= 15 is 0 Å². The molecular weight excluding hydrogens is 398 g/mol. The highest BCUT2D eigenvalue weighted by Crippen LogP contribution is 2.24. The van der Waals surface area contributed by atoms with Gasteiger partial charge in [-0.3, -0.25) is 4.79 Å². The minimum absolute atomic E-state index is 0.0856. The summed E-state index contributed by atoms with van der Waals surface area (Å²) in [6.07, 6.45) is 0. The minimum Gasteiger partial charge on any atom is -0.348 e. The lowest BCUT2D eigenvalue weighted by Crippen LogP contribution is -2.47. The zero-order chi connectivity index (χ0) is 20.3. The maximum atomic E-state index is 12.9. The van der Waals surface area contributed by atoms with Crippen molar-refractivity contribution in [3.63, 3.8) is 0 Å². The van der Waals surface area contributed by atoms with Crippen molar-refractivity contribution in [1.29, 1.82) is 0 Å². The molecular formula is C20H24ClN3O3S. The van der Waals surface area contributed by atoms with Crippen molar-refractivity contribution in [1.82, 2.24) is 14.5 Å². The number of rotatable bonds is 5. The third-order valence-electron chi connectivity index (χ3n) is 4.98. The lowest BCUT2D eigenvalue weighted by molar-refractivity contribution is 0.0951. The number of sulfonamides is 1. The molecule has 0 saturated carbocycles. The van der Waals surface area contributed by atoms with Gasteiger partial charge in [0.1, 0.15) is 0 Å². The number of halogens is 1. The second-order valence-electron chi connectivity index (χ2n) is 6.96. The average molecular weight is 422 g/mol. The third kappa shape index (κ3) is 4.55. The van der Waals surface area contributed by atoms with Crippen molar-refractivity contribution >= 4 is 27.5 Å². The number of nitrogens with one attached hydrogen (secondary N) is 1. The van der Waals surface area contributed by atoms with Gasteiger partial charge in [0, 0.05) is 32.7 Å². The largest absolute Gasteiger partial charge is 0.348 e. The molecule has 0 spiro atoms. The standard InChI is InChI=1S/C20H24ClN3O3S/c1-15-5-3-4-6-16(15)14-22-20(25)18-13-17(7-8-19(18)21)28(26,27)24-11-9-23(2)10-12-24/h3-8,13H,9-12,14H2,1-2H3,(H,22,25). The zero-order valence-electron chi connectivity index (χ0n) is 16.0. The number of carbonyl (C=O) groups is 1. The molecule has 2 aromatic rings. The summed E-state index contributed by atoms with van der Waals surface area (Å²) in [5, 5.41) is 3.04. The molecule has 1 aliphatic heterocycles. The van der Waals surface area contributed by atoms with Gasteiger partial charge in [0.2, 0.25) is 10.0 Å². The molecule has 2 aromatic carbocycles. The van der Waals surface area contributed by atoms with Gasteiger partial charge in [-0.1, -0.05) is 35.9 Å². The number of hydrogen-bond acceptors (Lipinski definition) is 4. The molecule has 1 fully saturated rings. The van der Waals surface area contributed by atoms with E-state index in [0.29, 0.717) is 32.7 Å². The Labute approximate surface area is 171 Å². The van der Waals surface area contributed by atoms with Crippen LogP contribution in [0.15, 0.2) is 47.4 Å². The topological polar surface area (TPSA) is 69.7 Å². The van der Waals surface area contributed by atoms with Gasteiger partial charge in [-0.25, -0.2) is 8.42 Å². The molecule has 6 nitrogen and oxygen atoms in total. The van der Waals surface area contributed by atoms with E-state index < -0.39 is 15.9 Å². The molecule has 1 saturated heterocycles. The van der Waals surface area contributed by atoms with Gasteiger partial charge in [0.25, 0.3) is 5.91 Å². The first-order valence-electron chi connectivity index (χ1n) is 9.10. The highest BCUT2D eigenvalue weighted by Gasteiger charge is 2.28. The van der Waals surface area contributed by atoms with Crippen LogP contribution in [0, 0.1) is 6.92 Å². The number of likely N-dealkylation sites (N-methyl/N-ethyl adjacent to an activating group) is 1. The van der Waals surface area contributed by atoms with Crippen LogP contribution in [0.3, 0.4) is 0 Å². The van der Waals surface area contributed by atoms with E-state index in [1.54, 1.807) is 0 Å². The highest BCUT2D eigenvalue weighted by atomic mass is 35.5. The van der Waals surface area contributed by atoms with E-state index in [4.69, 9.17) is 11.6 Å². The Morgan fingerprint density at radius 2 is 1.79 bits per heavy atom. The summed E-state index contributed by atoms with van der Waals surface area (Å²) in [6, 6.07) is 12.0. The lowest BCUT2D eigenvalue weighted by atomic mass is 10.1. The molecule has 0 radical (unpaired) electrons. The third-order valence-corrected chi connectivity index (χ3v) is 7.21. The number of carbonyl (C=O) groups excluding carboxylic acids is 1. The van der Waals surface area contributed by atoms with Gasteiger partial charge < -0.3 is 10.2 Å². The summed E-state index contributed by atoms with van der Waals surface area (Å²) < 4.78 is 27.3. The molecule has 28 heavy (non-hydrogen) atoms. The Morgan fingerprint density at radius 3 is 2.46 bits per heavy atom. The van der Waals surface area contributed by atoms with Crippen LogP contribution in [0.25, 0.3) is 0 Å². The maximum Gasteiger partial charge on any atom is 0.253 e. The van der Waals surface area contributed by atoms with Gasteiger partial charge >= 0.3 is 0 Å². The lowest BCUT2D eigenvalue weighted by Gasteiger charge is -2.31. The first-order valence-corrected chi connectivity index (χ1v) is 10.9. The number of benzene rings is 2. The SMILES string of the molecule is Cc1ccccc1CNC(=O)c1cc(S(=O)(=O)N2CCN(C)CC2)ccc1Cl. The molecule has 1 aliphatic rings. The highest BCUT2D eigenvalue weighted by molar-refractivity contribution is 7.89. The number of piperazine rings is 1. The molecule has 0 atom stereocenters. The van der Waals surface area contributed by atoms with Crippen LogP contribution in [0.1, 0.15) is 21.5 Å². The van der Waals surface area contributed by atoms with Crippen molar-refractivity contribution in [3.05, 3.63) is 64.2 Å². The molecule has 0 unspecified atom stereocenters. The fourth-order valence-electron chi connectivity index (χ4n) is 3.10. The van der Waals surface area contributed by atoms with Crippen LogP contribution in [0.4, 0.5) is 0 Å².